The van der Waals surface area contributed by atoms with Crippen molar-refractivity contribution in [3.05, 3.63) is 78.9 Å². The third kappa shape index (κ3) is 7.64. The van der Waals surface area contributed by atoms with Crippen molar-refractivity contribution in [2.75, 3.05) is 19.0 Å². The van der Waals surface area contributed by atoms with E-state index in [4.69, 9.17) is 4.74 Å². The third-order valence-corrected chi connectivity index (χ3v) is 8.73. The zero-order valence-corrected chi connectivity index (χ0v) is 19.9. The van der Waals surface area contributed by atoms with Crippen LogP contribution in [-0.4, -0.2) is 17.9 Å². The SMILES string of the molecule is CC.CC.CNc1ccc(P(C)S(=O)c2ccc(Oc3ccccc3)cc2)cc1. The first-order valence-electron chi connectivity index (χ1n) is 9.94. The van der Waals surface area contributed by atoms with Crippen LogP contribution in [0.4, 0.5) is 5.69 Å². The van der Waals surface area contributed by atoms with E-state index in [1.54, 1.807) is 0 Å². The summed E-state index contributed by atoms with van der Waals surface area (Å²) < 4.78 is 18.6. The Morgan fingerprint density at radius 1 is 0.759 bits per heavy atom. The Morgan fingerprint density at radius 3 is 1.79 bits per heavy atom. The van der Waals surface area contributed by atoms with E-state index in [0.717, 1.165) is 27.4 Å². The largest absolute Gasteiger partial charge is 0.457 e. The number of para-hydroxylation sites is 1. The third-order valence-electron chi connectivity index (χ3n) is 3.77. The second kappa shape index (κ2) is 13.9. The van der Waals surface area contributed by atoms with Crippen LogP contribution in [0.2, 0.25) is 0 Å². The lowest BCUT2D eigenvalue weighted by atomic mass is 10.3. The molecule has 0 saturated carbocycles. The molecule has 0 saturated heterocycles. The van der Waals surface area contributed by atoms with E-state index in [-0.39, 0.29) is 0 Å². The van der Waals surface area contributed by atoms with E-state index < -0.39 is 17.5 Å². The van der Waals surface area contributed by atoms with E-state index >= 15 is 0 Å². The zero-order chi connectivity index (χ0) is 21.6. The van der Waals surface area contributed by atoms with Crippen molar-refractivity contribution in [2.45, 2.75) is 32.6 Å². The summed E-state index contributed by atoms with van der Waals surface area (Å²) in [5.41, 5.74) is 1.06. The minimum atomic E-state index is -1.05. The first-order chi connectivity index (χ1) is 14.2. The standard InChI is InChI=1S/C20H20NO2PS.2C2H6/c1-21-16-8-12-19(13-9-16)24(2)25(22)20-14-10-18(11-15-20)23-17-6-4-3-5-7-17;2*1-2/h3-15,21H,1-2H3;2*1-2H3. The van der Waals surface area contributed by atoms with Crippen molar-refractivity contribution in [1.29, 1.82) is 0 Å². The minimum Gasteiger partial charge on any atom is -0.457 e. The highest BCUT2D eigenvalue weighted by molar-refractivity contribution is 8.48. The molecule has 3 aromatic carbocycles. The minimum absolute atomic E-state index is 0.741. The lowest BCUT2D eigenvalue weighted by Crippen LogP contribution is -2.04. The van der Waals surface area contributed by atoms with Gasteiger partial charge in [0.1, 0.15) is 11.5 Å². The fourth-order valence-corrected chi connectivity index (χ4v) is 6.04. The Morgan fingerprint density at radius 2 is 1.28 bits per heavy atom. The molecule has 0 bridgehead atoms. The van der Waals surface area contributed by atoms with E-state index in [0.29, 0.717) is 0 Å². The lowest BCUT2D eigenvalue weighted by molar-refractivity contribution is 0.482. The highest BCUT2D eigenvalue weighted by atomic mass is 32.7. The second-order valence-corrected chi connectivity index (χ2v) is 10.5. The Hall–Kier alpha value is -2.16. The fourth-order valence-electron chi connectivity index (χ4n) is 2.34. The first-order valence-corrected chi connectivity index (χ1v) is 13.5. The highest BCUT2D eigenvalue weighted by Gasteiger charge is 2.15. The molecule has 0 aliphatic rings. The number of nitrogens with one attached hydrogen (secondary N) is 1. The van der Waals surface area contributed by atoms with Crippen LogP contribution in [0.5, 0.6) is 11.5 Å². The predicted octanol–water partition coefficient (Wildman–Crippen LogP) is 7.03. The molecule has 0 aliphatic carbocycles. The van der Waals surface area contributed by atoms with Crippen molar-refractivity contribution in [1.82, 2.24) is 0 Å². The van der Waals surface area contributed by atoms with E-state index in [2.05, 4.69) is 5.32 Å². The van der Waals surface area contributed by atoms with Gasteiger partial charge >= 0.3 is 0 Å². The quantitative estimate of drug-likeness (QED) is 0.427. The molecule has 0 aliphatic heterocycles. The maximum atomic E-state index is 12.9. The smallest absolute Gasteiger partial charge is 0.127 e. The highest BCUT2D eigenvalue weighted by Crippen LogP contribution is 2.39. The molecule has 0 spiro atoms. The molecule has 2 unspecified atom stereocenters. The predicted molar refractivity (Wildman–Crippen MR) is 131 cm³/mol. The summed E-state index contributed by atoms with van der Waals surface area (Å²) in [7, 11) is 0.0516. The van der Waals surface area contributed by atoms with E-state index in [9.17, 15) is 4.21 Å². The number of ether oxygens (including phenoxy) is 1. The van der Waals surface area contributed by atoms with Crippen LogP contribution < -0.4 is 15.4 Å². The van der Waals surface area contributed by atoms with Gasteiger partial charge < -0.3 is 10.1 Å². The van der Waals surface area contributed by atoms with E-state index in [1.165, 1.54) is 0 Å². The van der Waals surface area contributed by atoms with Gasteiger partial charge in [-0.25, -0.2) is 4.21 Å². The molecule has 3 rings (SSSR count). The summed E-state index contributed by atoms with van der Waals surface area (Å²) in [5, 5.41) is 4.22. The second-order valence-electron chi connectivity index (χ2n) is 5.43. The molecule has 0 radical (unpaired) electrons. The molecular weight excluding hydrogens is 397 g/mol. The van der Waals surface area contributed by atoms with Gasteiger partial charge in [0.2, 0.25) is 0 Å². The van der Waals surface area contributed by atoms with Gasteiger partial charge in [-0.15, -0.1) is 0 Å². The Kier molecular flexibility index (Phi) is 11.9. The van der Waals surface area contributed by atoms with E-state index in [1.807, 2.05) is 120 Å². The van der Waals surface area contributed by atoms with Crippen LogP contribution in [0.3, 0.4) is 0 Å². The van der Waals surface area contributed by atoms with Gasteiger partial charge in [-0.1, -0.05) is 58.0 Å². The molecule has 5 heteroatoms. The summed E-state index contributed by atoms with van der Waals surface area (Å²) in [6.07, 6.45) is 0. The summed E-state index contributed by atoms with van der Waals surface area (Å²) in [5.74, 6) is 1.53. The Balaban J connectivity index is 0.000000989. The lowest BCUT2D eigenvalue weighted by Gasteiger charge is -2.13. The monoisotopic (exact) mass is 429 g/mol. The number of rotatable bonds is 6. The molecule has 3 nitrogen and oxygen atoms in total. The number of hydrogen-bond acceptors (Lipinski definition) is 3. The van der Waals surface area contributed by atoms with Gasteiger partial charge in [0.15, 0.2) is 0 Å². The summed E-state index contributed by atoms with van der Waals surface area (Å²) in [4.78, 5) is 0.826. The molecule has 3 aromatic rings. The van der Waals surface area contributed by atoms with Crippen molar-refractivity contribution in [3.63, 3.8) is 0 Å². The van der Waals surface area contributed by atoms with Crippen molar-refractivity contribution in [3.8, 4) is 11.5 Å². The zero-order valence-electron chi connectivity index (χ0n) is 18.2. The van der Waals surface area contributed by atoms with Crippen molar-refractivity contribution >= 4 is 28.5 Å². The maximum absolute atomic E-state index is 12.9. The van der Waals surface area contributed by atoms with Crippen molar-refractivity contribution in [2.24, 2.45) is 0 Å². The summed E-state index contributed by atoms with van der Waals surface area (Å²) in [6, 6.07) is 25.3. The molecule has 156 valence electrons. The van der Waals surface area contributed by atoms with Gasteiger partial charge in [-0.05, 0) is 60.5 Å². The van der Waals surface area contributed by atoms with Crippen molar-refractivity contribution < 1.29 is 8.95 Å². The topological polar surface area (TPSA) is 38.3 Å². The molecule has 0 amide bonds. The molecular formula is C24H32NO2PS. The molecule has 0 fully saturated rings. The summed E-state index contributed by atoms with van der Waals surface area (Å²) >= 11 is 0. The van der Waals surface area contributed by atoms with Gasteiger partial charge in [-0.2, -0.15) is 0 Å². The van der Waals surface area contributed by atoms with Gasteiger partial charge in [0.25, 0.3) is 0 Å². The van der Waals surface area contributed by atoms with Crippen LogP contribution in [0.25, 0.3) is 0 Å². The van der Waals surface area contributed by atoms with Gasteiger partial charge in [0.05, 0.1) is 10.4 Å². The Labute approximate surface area is 179 Å². The van der Waals surface area contributed by atoms with Crippen LogP contribution >= 0.6 is 7.12 Å². The first kappa shape index (κ1) is 24.9. The molecule has 29 heavy (non-hydrogen) atoms. The normalized spacial score (nSPS) is 11.7. The molecule has 0 heterocycles. The van der Waals surface area contributed by atoms with Crippen LogP contribution in [-0.2, 0) is 10.4 Å². The molecule has 1 N–H and O–H groups in total. The Bertz CT molecular complexity index is 837. The molecule has 0 aromatic heterocycles. The van der Waals surface area contributed by atoms with Crippen LogP contribution in [0.15, 0.2) is 83.8 Å². The van der Waals surface area contributed by atoms with Gasteiger partial charge in [-0.3, -0.25) is 0 Å². The fraction of sp³-hybridized carbons (Fsp3) is 0.250. The average molecular weight is 430 g/mol. The summed E-state index contributed by atoms with van der Waals surface area (Å²) in [6.45, 7) is 10.0. The maximum Gasteiger partial charge on any atom is 0.127 e. The average Bonchev–Trinajstić information content (AvgIpc) is 2.82. The van der Waals surface area contributed by atoms with Crippen LogP contribution in [0, 0.1) is 0 Å². The molecule has 2 atom stereocenters. The number of hydrogen-bond donors (Lipinski definition) is 1. The number of anilines is 1. The number of benzene rings is 3. The van der Waals surface area contributed by atoms with Crippen LogP contribution in [0.1, 0.15) is 27.7 Å². The van der Waals surface area contributed by atoms with Gasteiger partial charge in [0, 0.05) is 24.8 Å².